The SMILES string of the molecule is Cc1ccc(-c2ncc(OCC3CCNCC3)cc2-c2ccc(CN3CCOCC3)cc2)cc1. The Hall–Kier alpha value is -2.73. The number of aromatic nitrogens is 1. The van der Waals surface area contributed by atoms with Crippen LogP contribution >= 0.6 is 0 Å². The first-order valence-corrected chi connectivity index (χ1v) is 12.5. The number of rotatable bonds is 7. The minimum atomic E-state index is 0.612. The van der Waals surface area contributed by atoms with E-state index < -0.39 is 0 Å². The maximum Gasteiger partial charge on any atom is 0.138 e. The van der Waals surface area contributed by atoms with Crippen LogP contribution in [0.4, 0.5) is 0 Å². The highest BCUT2D eigenvalue weighted by Crippen LogP contribution is 2.34. The van der Waals surface area contributed by atoms with Gasteiger partial charge in [-0.25, -0.2) is 0 Å². The molecule has 178 valence electrons. The molecule has 1 N–H and O–H groups in total. The minimum Gasteiger partial charge on any atom is -0.492 e. The smallest absolute Gasteiger partial charge is 0.138 e. The molecule has 3 aromatic rings. The Balaban J connectivity index is 1.39. The third-order valence-electron chi connectivity index (χ3n) is 6.91. The molecule has 5 rings (SSSR count). The summed E-state index contributed by atoms with van der Waals surface area (Å²) in [5.74, 6) is 1.46. The summed E-state index contributed by atoms with van der Waals surface area (Å²) in [4.78, 5) is 7.33. The van der Waals surface area contributed by atoms with Crippen molar-refractivity contribution in [1.29, 1.82) is 0 Å². The molecule has 3 heterocycles. The quantitative estimate of drug-likeness (QED) is 0.545. The van der Waals surface area contributed by atoms with E-state index in [4.69, 9.17) is 14.5 Å². The zero-order valence-electron chi connectivity index (χ0n) is 20.1. The molecule has 5 nitrogen and oxygen atoms in total. The van der Waals surface area contributed by atoms with Crippen LogP contribution in [0.2, 0.25) is 0 Å². The van der Waals surface area contributed by atoms with Crippen molar-refractivity contribution in [3.63, 3.8) is 0 Å². The number of benzene rings is 2. The van der Waals surface area contributed by atoms with E-state index in [1.54, 1.807) is 0 Å². The fraction of sp³-hybridized carbons (Fsp3) is 0.414. The van der Waals surface area contributed by atoms with Crippen molar-refractivity contribution in [3.05, 3.63) is 71.9 Å². The van der Waals surface area contributed by atoms with Gasteiger partial charge < -0.3 is 14.8 Å². The molecule has 0 saturated carbocycles. The highest BCUT2D eigenvalue weighted by molar-refractivity contribution is 5.81. The van der Waals surface area contributed by atoms with Crippen LogP contribution in [0.25, 0.3) is 22.4 Å². The largest absolute Gasteiger partial charge is 0.492 e. The lowest BCUT2D eigenvalue weighted by atomic mass is 9.97. The van der Waals surface area contributed by atoms with Gasteiger partial charge in [-0.3, -0.25) is 9.88 Å². The zero-order chi connectivity index (χ0) is 23.2. The lowest BCUT2D eigenvalue weighted by Crippen LogP contribution is -2.35. The Morgan fingerprint density at radius 1 is 0.971 bits per heavy atom. The Morgan fingerprint density at radius 3 is 2.41 bits per heavy atom. The van der Waals surface area contributed by atoms with Crippen molar-refractivity contribution in [2.24, 2.45) is 5.92 Å². The molecule has 0 aliphatic carbocycles. The number of morpholine rings is 1. The Labute approximate surface area is 203 Å². The average molecular weight is 458 g/mol. The van der Waals surface area contributed by atoms with Crippen LogP contribution in [0.15, 0.2) is 60.8 Å². The molecule has 0 bridgehead atoms. The van der Waals surface area contributed by atoms with E-state index in [9.17, 15) is 0 Å². The van der Waals surface area contributed by atoms with Crippen LogP contribution in [0.3, 0.4) is 0 Å². The second-order valence-corrected chi connectivity index (χ2v) is 9.52. The van der Waals surface area contributed by atoms with Crippen LogP contribution in [0, 0.1) is 12.8 Å². The molecular formula is C29H35N3O2. The lowest BCUT2D eigenvalue weighted by Gasteiger charge is -2.26. The normalized spacial score (nSPS) is 17.6. The van der Waals surface area contributed by atoms with Crippen LogP contribution < -0.4 is 10.1 Å². The minimum absolute atomic E-state index is 0.612. The van der Waals surface area contributed by atoms with E-state index >= 15 is 0 Å². The number of hydrogen-bond donors (Lipinski definition) is 1. The van der Waals surface area contributed by atoms with Gasteiger partial charge in [-0.15, -0.1) is 0 Å². The second-order valence-electron chi connectivity index (χ2n) is 9.52. The number of aryl methyl sites for hydroxylation is 1. The Morgan fingerprint density at radius 2 is 1.68 bits per heavy atom. The van der Waals surface area contributed by atoms with Crippen molar-refractivity contribution < 1.29 is 9.47 Å². The van der Waals surface area contributed by atoms with Crippen LogP contribution in [0.1, 0.15) is 24.0 Å². The summed E-state index contributed by atoms with van der Waals surface area (Å²) in [5, 5.41) is 3.43. The number of pyridine rings is 1. The van der Waals surface area contributed by atoms with Crippen molar-refractivity contribution >= 4 is 0 Å². The summed E-state index contributed by atoms with van der Waals surface area (Å²) < 4.78 is 11.7. The maximum absolute atomic E-state index is 6.23. The van der Waals surface area contributed by atoms with Gasteiger partial charge in [0.05, 0.1) is 31.7 Å². The van der Waals surface area contributed by atoms with E-state index in [1.165, 1.54) is 29.5 Å². The van der Waals surface area contributed by atoms with Gasteiger partial charge >= 0.3 is 0 Å². The lowest BCUT2D eigenvalue weighted by molar-refractivity contribution is 0.0342. The zero-order valence-corrected chi connectivity index (χ0v) is 20.1. The van der Waals surface area contributed by atoms with Crippen molar-refractivity contribution in [2.45, 2.75) is 26.3 Å². The van der Waals surface area contributed by atoms with Gasteiger partial charge in [0.15, 0.2) is 0 Å². The van der Waals surface area contributed by atoms with Gasteiger partial charge in [0.1, 0.15) is 5.75 Å². The van der Waals surface area contributed by atoms with Gasteiger partial charge in [-0.2, -0.15) is 0 Å². The molecule has 0 unspecified atom stereocenters. The molecule has 1 aromatic heterocycles. The number of ether oxygens (including phenoxy) is 2. The third kappa shape index (κ3) is 5.84. The highest BCUT2D eigenvalue weighted by Gasteiger charge is 2.16. The summed E-state index contributed by atoms with van der Waals surface area (Å²) >= 11 is 0. The highest BCUT2D eigenvalue weighted by atomic mass is 16.5. The molecule has 0 amide bonds. The predicted molar refractivity (Wildman–Crippen MR) is 137 cm³/mol. The number of piperidine rings is 1. The molecular weight excluding hydrogens is 422 g/mol. The molecule has 2 aromatic carbocycles. The van der Waals surface area contributed by atoms with E-state index in [1.807, 2.05) is 6.20 Å². The monoisotopic (exact) mass is 457 g/mol. The summed E-state index contributed by atoms with van der Waals surface area (Å²) in [6, 6.07) is 19.7. The molecule has 34 heavy (non-hydrogen) atoms. The first-order valence-electron chi connectivity index (χ1n) is 12.5. The molecule has 0 radical (unpaired) electrons. The molecule has 2 fully saturated rings. The van der Waals surface area contributed by atoms with Crippen LogP contribution in [-0.4, -0.2) is 55.9 Å². The summed E-state index contributed by atoms with van der Waals surface area (Å²) in [7, 11) is 0. The van der Waals surface area contributed by atoms with E-state index in [2.05, 4.69) is 71.7 Å². The van der Waals surface area contributed by atoms with E-state index in [-0.39, 0.29) is 0 Å². The molecule has 2 saturated heterocycles. The topological polar surface area (TPSA) is 46.6 Å². The van der Waals surface area contributed by atoms with Crippen molar-refractivity contribution in [2.75, 3.05) is 46.0 Å². The van der Waals surface area contributed by atoms with Gasteiger partial charge in [0, 0.05) is 30.8 Å². The van der Waals surface area contributed by atoms with Gasteiger partial charge in [-0.05, 0) is 56.0 Å². The fourth-order valence-corrected chi connectivity index (χ4v) is 4.76. The standard InChI is InChI=1S/C29H35N3O2/c1-22-2-6-26(7-3-22)29-28(18-27(19-31-29)34-21-24-10-12-30-13-11-24)25-8-4-23(5-9-25)20-32-14-16-33-17-15-32/h2-9,18-19,24,30H,10-17,20-21H2,1H3. The maximum atomic E-state index is 6.23. The van der Waals surface area contributed by atoms with Gasteiger partial charge in [0.25, 0.3) is 0 Å². The van der Waals surface area contributed by atoms with Gasteiger partial charge in [0.2, 0.25) is 0 Å². The number of nitrogens with zero attached hydrogens (tertiary/aromatic N) is 2. The number of nitrogens with one attached hydrogen (secondary N) is 1. The summed E-state index contributed by atoms with van der Waals surface area (Å²) in [5.41, 5.74) is 6.98. The van der Waals surface area contributed by atoms with Gasteiger partial charge in [-0.1, -0.05) is 54.1 Å². The second kappa shape index (κ2) is 11.1. The van der Waals surface area contributed by atoms with E-state index in [0.29, 0.717) is 5.92 Å². The predicted octanol–water partition coefficient (Wildman–Crippen LogP) is 4.93. The number of hydrogen-bond acceptors (Lipinski definition) is 5. The fourth-order valence-electron chi connectivity index (χ4n) is 4.76. The van der Waals surface area contributed by atoms with Crippen molar-refractivity contribution in [1.82, 2.24) is 15.2 Å². The first-order chi connectivity index (χ1) is 16.7. The first kappa shape index (κ1) is 23.0. The summed E-state index contributed by atoms with van der Waals surface area (Å²) in [6.07, 6.45) is 4.23. The van der Waals surface area contributed by atoms with Crippen LogP contribution in [-0.2, 0) is 11.3 Å². The van der Waals surface area contributed by atoms with E-state index in [0.717, 1.165) is 75.1 Å². The molecule has 0 spiro atoms. The van der Waals surface area contributed by atoms with Crippen LogP contribution in [0.5, 0.6) is 5.75 Å². The Bertz CT molecular complexity index is 1050. The average Bonchev–Trinajstić information content (AvgIpc) is 2.90. The molecule has 2 aliphatic rings. The third-order valence-corrected chi connectivity index (χ3v) is 6.91. The Kier molecular flexibility index (Phi) is 7.54. The summed E-state index contributed by atoms with van der Waals surface area (Å²) in [6.45, 7) is 9.66. The van der Waals surface area contributed by atoms with Crippen molar-refractivity contribution in [3.8, 4) is 28.1 Å². The molecule has 0 atom stereocenters. The molecule has 5 heteroatoms. The molecule has 2 aliphatic heterocycles.